The number of halogens is 1. The van der Waals surface area contributed by atoms with Crippen molar-refractivity contribution in [1.82, 2.24) is 31.2 Å². The van der Waals surface area contributed by atoms with Gasteiger partial charge in [0.2, 0.25) is 21.8 Å². The van der Waals surface area contributed by atoms with Crippen molar-refractivity contribution in [2.45, 2.75) is 58.3 Å². The monoisotopic (exact) mass is 790 g/mol. The predicted molar refractivity (Wildman–Crippen MR) is 213 cm³/mol. The average molecular weight is 791 g/mol. The number of hydrogen-bond acceptors (Lipinski definition) is 9. The molecule has 0 spiro atoms. The molecule has 4 atom stereocenters. The molecule has 14 nitrogen and oxygen atoms in total. The van der Waals surface area contributed by atoms with Crippen molar-refractivity contribution >= 4 is 56.8 Å². The topological polar surface area (TPSA) is 192 Å². The van der Waals surface area contributed by atoms with Crippen molar-refractivity contribution in [3.8, 4) is 0 Å². The molecule has 0 aliphatic carbocycles. The summed E-state index contributed by atoms with van der Waals surface area (Å²) in [6.07, 6.45) is 5.72. The lowest BCUT2D eigenvalue weighted by Crippen LogP contribution is -2.54. The highest BCUT2D eigenvalue weighted by Gasteiger charge is 2.28. The second-order valence-electron chi connectivity index (χ2n) is 13.5. The molecule has 0 bridgehead atoms. The summed E-state index contributed by atoms with van der Waals surface area (Å²) in [5.41, 5.74) is 1.89. The van der Waals surface area contributed by atoms with Gasteiger partial charge < -0.3 is 26.6 Å². The Morgan fingerprint density at radius 2 is 1.49 bits per heavy atom. The number of aromatic nitrogens is 2. The number of anilines is 2. The summed E-state index contributed by atoms with van der Waals surface area (Å²) in [6, 6.07) is 18.0. The molecule has 1 aromatic heterocycles. The molecule has 0 fully saturated rings. The van der Waals surface area contributed by atoms with Crippen LogP contribution in [-0.4, -0.2) is 80.0 Å². The second-order valence-corrected chi connectivity index (χ2v) is 16.0. The molecule has 55 heavy (non-hydrogen) atoms. The third kappa shape index (κ3) is 12.6. The summed E-state index contributed by atoms with van der Waals surface area (Å²) in [5, 5.41) is 15.0. The number of carbonyl (C=O) groups is 4. The zero-order valence-corrected chi connectivity index (χ0v) is 33.1. The maximum absolute atomic E-state index is 14.0. The SMILES string of the molecule is CC(C)[C@H](NC(=O)[C@H](C)NC[C@H](Cc1ccccc1)NC(=O)c1cc(C(=O)N[C@H](C)c2cccc(Cl)c2)cc(N(C)S(C)(=O)=O)c1)C(=O)Nc1cnccn1. The van der Waals surface area contributed by atoms with Crippen molar-refractivity contribution in [3.05, 3.63) is 119 Å². The lowest BCUT2D eigenvalue weighted by molar-refractivity contribution is -0.128. The highest BCUT2D eigenvalue weighted by atomic mass is 35.5. The number of carbonyl (C=O) groups excluding carboxylic acids is 4. The largest absolute Gasteiger partial charge is 0.348 e. The Labute approximate surface area is 326 Å². The minimum absolute atomic E-state index is 0.0475. The Morgan fingerprint density at radius 3 is 2.09 bits per heavy atom. The van der Waals surface area contributed by atoms with Gasteiger partial charge in [-0.25, -0.2) is 13.4 Å². The molecule has 4 rings (SSSR count). The number of nitrogens with zero attached hydrogens (tertiary/aromatic N) is 3. The van der Waals surface area contributed by atoms with Crippen LogP contribution in [0.2, 0.25) is 5.02 Å². The molecular weight excluding hydrogens is 744 g/mol. The lowest BCUT2D eigenvalue weighted by atomic mass is 10.0. The van der Waals surface area contributed by atoms with Gasteiger partial charge in [-0.1, -0.05) is 67.9 Å². The van der Waals surface area contributed by atoms with E-state index in [9.17, 15) is 27.6 Å². The van der Waals surface area contributed by atoms with Crippen LogP contribution in [0.25, 0.3) is 0 Å². The van der Waals surface area contributed by atoms with Crippen molar-refractivity contribution in [3.63, 3.8) is 0 Å². The first kappa shape index (κ1) is 42.4. The van der Waals surface area contributed by atoms with Crippen LogP contribution in [0.15, 0.2) is 91.4 Å². The van der Waals surface area contributed by atoms with E-state index in [1.165, 1.54) is 43.8 Å². The van der Waals surface area contributed by atoms with Crippen LogP contribution in [0.5, 0.6) is 0 Å². The van der Waals surface area contributed by atoms with Gasteiger partial charge in [-0.15, -0.1) is 0 Å². The molecular formula is C39H47ClN8O6S. The van der Waals surface area contributed by atoms with Gasteiger partial charge in [-0.2, -0.15) is 0 Å². The van der Waals surface area contributed by atoms with E-state index in [0.29, 0.717) is 11.4 Å². The quantitative estimate of drug-likeness (QED) is 0.105. The molecule has 3 aromatic carbocycles. The third-order valence-corrected chi connectivity index (χ3v) is 10.2. The number of benzene rings is 3. The van der Waals surface area contributed by atoms with Gasteiger partial charge in [0.15, 0.2) is 5.82 Å². The number of sulfonamides is 1. The van der Waals surface area contributed by atoms with Crippen molar-refractivity contribution < 1.29 is 27.6 Å². The molecule has 0 radical (unpaired) electrons. The van der Waals surface area contributed by atoms with Crippen LogP contribution < -0.4 is 30.9 Å². The Kier molecular flexibility index (Phi) is 14.9. The molecule has 0 unspecified atom stereocenters. The number of nitrogens with one attached hydrogen (secondary N) is 5. The van der Waals surface area contributed by atoms with E-state index in [0.717, 1.165) is 21.7 Å². The van der Waals surface area contributed by atoms with E-state index in [1.807, 2.05) is 50.2 Å². The summed E-state index contributed by atoms with van der Waals surface area (Å²) < 4.78 is 26.1. The minimum atomic E-state index is -3.76. The van der Waals surface area contributed by atoms with Crippen LogP contribution >= 0.6 is 11.6 Å². The normalized spacial score (nSPS) is 13.5. The minimum Gasteiger partial charge on any atom is -0.348 e. The molecule has 5 N–H and O–H groups in total. The molecule has 0 saturated carbocycles. The Morgan fingerprint density at radius 1 is 0.818 bits per heavy atom. The number of hydrogen-bond donors (Lipinski definition) is 5. The van der Waals surface area contributed by atoms with Gasteiger partial charge in [0.25, 0.3) is 11.8 Å². The fourth-order valence-corrected chi connectivity index (χ4v) is 6.21. The second kappa shape index (κ2) is 19.3. The van der Waals surface area contributed by atoms with E-state index in [4.69, 9.17) is 11.6 Å². The smallest absolute Gasteiger partial charge is 0.251 e. The Bertz CT molecular complexity index is 2070. The molecule has 0 aliphatic rings. The van der Waals surface area contributed by atoms with Crippen LogP contribution in [0.3, 0.4) is 0 Å². The molecule has 0 aliphatic heterocycles. The molecule has 1 heterocycles. The van der Waals surface area contributed by atoms with Gasteiger partial charge in [0.1, 0.15) is 6.04 Å². The third-order valence-electron chi connectivity index (χ3n) is 8.78. The standard InChI is InChI=1S/C39H47ClN8O6S/c1-24(2)35(39(52)46-34-23-41-15-16-42-34)47-36(49)26(4)43-22-32(17-27-11-8-7-9-12-27)45-38(51)30-18-29(20-33(21-30)48(5)55(6,53)54)37(50)44-25(3)28-13-10-14-31(40)19-28/h7-16,18-21,23-26,32,35,43H,17,22H2,1-6H3,(H,44,50)(H,45,51)(H,47,49)(H,42,46,52)/t25-,26+,32+,35+/m1/s1. The van der Waals surface area contributed by atoms with E-state index < -0.39 is 57.8 Å². The highest BCUT2D eigenvalue weighted by molar-refractivity contribution is 7.92. The first-order valence-electron chi connectivity index (χ1n) is 17.6. The molecule has 16 heteroatoms. The van der Waals surface area contributed by atoms with Crippen LogP contribution in [0, 0.1) is 5.92 Å². The maximum Gasteiger partial charge on any atom is 0.251 e. The van der Waals surface area contributed by atoms with Crippen LogP contribution in [0.1, 0.15) is 65.6 Å². The van der Waals surface area contributed by atoms with E-state index in [2.05, 4.69) is 36.6 Å². The fourth-order valence-electron chi connectivity index (χ4n) is 5.52. The fraction of sp³-hybridized carbons (Fsp3) is 0.333. The summed E-state index contributed by atoms with van der Waals surface area (Å²) in [5.74, 6) is -1.97. The first-order chi connectivity index (χ1) is 26.0. The first-order valence-corrected chi connectivity index (χ1v) is 19.8. The highest BCUT2D eigenvalue weighted by Crippen LogP contribution is 2.23. The molecule has 4 amide bonds. The van der Waals surface area contributed by atoms with Crippen molar-refractivity contribution in [2.75, 3.05) is 29.5 Å². The molecule has 0 saturated heterocycles. The van der Waals surface area contributed by atoms with Gasteiger partial charge in [-0.05, 0) is 67.6 Å². The zero-order valence-electron chi connectivity index (χ0n) is 31.5. The summed E-state index contributed by atoms with van der Waals surface area (Å²) >= 11 is 6.15. The van der Waals surface area contributed by atoms with E-state index in [-0.39, 0.29) is 35.1 Å². The lowest BCUT2D eigenvalue weighted by Gasteiger charge is -2.25. The van der Waals surface area contributed by atoms with Crippen molar-refractivity contribution in [2.24, 2.45) is 5.92 Å². The summed E-state index contributed by atoms with van der Waals surface area (Å²) in [4.78, 5) is 61.9. The summed E-state index contributed by atoms with van der Waals surface area (Å²) in [7, 11) is -2.43. The molecule has 4 aromatic rings. The van der Waals surface area contributed by atoms with Crippen LogP contribution in [0.4, 0.5) is 11.5 Å². The van der Waals surface area contributed by atoms with Gasteiger partial charge >= 0.3 is 0 Å². The van der Waals surface area contributed by atoms with Crippen LogP contribution in [-0.2, 0) is 26.0 Å². The Balaban J connectivity index is 1.53. The summed E-state index contributed by atoms with van der Waals surface area (Å²) in [6.45, 7) is 7.18. The molecule has 292 valence electrons. The van der Waals surface area contributed by atoms with E-state index >= 15 is 0 Å². The zero-order chi connectivity index (χ0) is 40.3. The predicted octanol–water partition coefficient (Wildman–Crippen LogP) is 4.12. The number of rotatable bonds is 17. The number of amides is 4. The maximum atomic E-state index is 14.0. The van der Waals surface area contributed by atoms with Gasteiger partial charge in [0.05, 0.1) is 30.2 Å². The van der Waals surface area contributed by atoms with Gasteiger partial charge in [0, 0.05) is 48.2 Å². The van der Waals surface area contributed by atoms with E-state index in [1.54, 1.807) is 32.0 Å². The van der Waals surface area contributed by atoms with Crippen molar-refractivity contribution in [1.29, 1.82) is 0 Å². The Hall–Kier alpha value is -5.38. The average Bonchev–Trinajstić information content (AvgIpc) is 3.15. The van der Waals surface area contributed by atoms with Gasteiger partial charge in [-0.3, -0.25) is 28.5 Å².